The van der Waals surface area contributed by atoms with Gasteiger partial charge in [0.05, 0.1) is 10.0 Å². The molecule has 0 saturated heterocycles. The van der Waals surface area contributed by atoms with Gasteiger partial charge in [0.2, 0.25) is 0 Å². The average Bonchev–Trinajstić information content (AvgIpc) is 1.85. The Kier molecular flexibility index (Phi) is 5.13. The molecule has 1 rings (SSSR count). The first-order chi connectivity index (χ1) is 5.11. The van der Waals surface area contributed by atoms with Crippen LogP contribution in [0.5, 0.6) is 0 Å². The summed E-state index contributed by atoms with van der Waals surface area (Å²) in [7, 11) is 0. The van der Waals surface area contributed by atoms with Gasteiger partial charge in [-0.2, -0.15) is 0 Å². The summed E-state index contributed by atoms with van der Waals surface area (Å²) < 4.78 is 0. The third-order valence-corrected chi connectivity index (χ3v) is 1.51. The molecule has 3 nitrogen and oxygen atoms in total. The number of carboxylic acid groups (broad SMARTS) is 1. The zero-order valence-corrected chi connectivity index (χ0v) is 6.73. The fourth-order valence-corrected chi connectivity index (χ4v) is 1.03. The van der Waals surface area contributed by atoms with E-state index in [-0.39, 0.29) is 40.3 Å². The van der Waals surface area contributed by atoms with Crippen molar-refractivity contribution < 1.29 is 9.90 Å². The molecule has 0 atom stereocenters. The third-order valence-electron chi connectivity index (χ3n) is 1.01. The molecule has 6 heteroatoms. The van der Waals surface area contributed by atoms with Gasteiger partial charge in [-0.1, -0.05) is 23.2 Å². The second-order valence-corrected chi connectivity index (χ2v) is 2.63. The normalized spacial score (nSPS) is 8.83. The number of hydrogen-bond donors (Lipinski definition) is 1. The van der Waals surface area contributed by atoms with Crippen LogP contribution in [0.1, 0.15) is 10.5 Å². The summed E-state index contributed by atoms with van der Waals surface area (Å²) in [6.45, 7) is 0. The van der Waals surface area contributed by atoms with Gasteiger partial charge in [-0.05, 0) is 6.07 Å². The number of rotatable bonds is 1. The van der Waals surface area contributed by atoms with Gasteiger partial charge in [-0.3, -0.25) is 0 Å². The fraction of sp³-hybridized carbons (Fsp3) is 0. The Bertz CT molecular complexity index is 306. The van der Waals surface area contributed by atoms with E-state index in [1.54, 1.807) is 0 Å². The van der Waals surface area contributed by atoms with Crippen LogP contribution in [0, 0.1) is 0 Å². The van der Waals surface area contributed by atoms with Gasteiger partial charge in [-0.25, -0.2) is 9.78 Å². The molecule has 0 unspecified atom stereocenters. The van der Waals surface area contributed by atoms with Crippen LogP contribution >= 0.6 is 23.2 Å². The number of carbonyl (C=O) groups is 1. The van der Waals surface area contributed by atoms with E-state index >= 15 is 0 Å². The summed E-state index contributed by atoms with van der Waals surface area (Å²) in [6.07, 6.45) is 1.23. The van der Waals surface area contributed by atoms with Crippen molar-refractivity contribution in [3.05, 3.63) is 28.0 Å². The van der Waals surface area contributed by atoms with Crippen molar-refractivity contribution in [3.63, 3.8) is 0 Å². The number of hydrogen-bond acceptors (Lipinski definition) is 2. The van der Waals surface area contributed by atoms with Crippen molar-refractivity contribution >= 4 is 58.7 Å². The van der Waals surface area contributed by atoms with E-state index in [9.17, 15) is 4.79 Å². The molecule has 0 aliphatic rings. The van der Waals surface area contributed by atoms with Gasteiger partial charge in [0.15, 0.2) is 5.69 Å². The molecule has 12 heavy (non-hydrogen) atoms. The quantitative estimate of drug-likeness (QED) is 0.722. The predicted molar refractivity (Wildman–Crippen MR) is 48.4 cm³/mol. The number of halogens is 2. The molecule has 0 aliphatic carbocycles. The van der Waals surface area contributed by atoms with Crippen LogP contribution in [0.15, 0.2) is 12.3 Å². The summed E-state index contributed by atoms with van der Waals surface area (Å²) in [5.74, 6) is -1.16. The van der Waals surface area contributed by atoms with E-state index in [2.05, 4.69) is 4.98 Å². The molecule has 0 fully saturated rings. The first kappa shape index (κ1) is 12.2. The zero-order valence-electron chi connectivity index (χ0n) is 5.21. The maximum atomic E-state index is 10.3. The summed E-state index contributed by atoms with van der Waals surface area (Å²) in [5.41, 5.74) is -0.184. The monoisotopic (exact) mass is 215 g/mol. The molecule has 0 aromatic carbocycles. The minimum atomic E-state index is -1.16. The van der Waals surface area contributed by atoms with Crippen LogP contribution < -0.4 is 0 Å². The van der Waals surface area contributed by atoms with Crippen molar-refractivity contribution in [2.75, 3.05) is 0 Å². The summed E-state index contributed by atoms with van der Waals surface area (Å²) in [6, 6.07) is 1.33. The molecule has 0 aliphatic heterocycles. The summed E-state index contributed by atoms with van der Waals surface area (Å²) in [5, 5.41) is 8.83. The van der Waals surface area contributed by atoms with Crippen molar-refractivity contribution in [2.24, 2.45) is 0 Å². The van der Waals surface area contributed by atoms with Crippen LogP contribution in [-0.4, -0.2) is 45.6 Å². The first-order valence-corrected chi connectivity index (χ1v) is 3.41. The molecular weight excluding hydrogens is 212 g/mol. The maximum absolute atomic E-state index is 10.3. The fourth-order valence-electron chi connectivity index (χ4n) is 0.572. The summed E-state index contributed by atoms with van der Waals surface area (Å²) >= 11 is 11.0. The van der Waals surface area contributed by atoms with Crippen LogP contribution in [-0.2, 0) is 0 Å². The van der Waals surface area contributed by atoms with Crippen LogP contribution in [0.2, 0.25) is 10.0 Å². The Hall–Kier alpha value is 0.200. The number of aromatic nitrogens is 1. The van der Waals surface area contributed by atoms with Gasteiger partial charge in [-0.15, -0.1) is 0 Å². The van der Waals surface area contributed by atoms with Gasteiger partial charge >= 0.3 is 35.5 Å². The number of carboxylic acids is 1. The van der Waals surface area contributed by atoms with E-state index in [1.165, 1.54) is 12.3 Å². The topological polar surface area (TPSA) is 50.2 Å². The zero-order chi connectivity index (χ0) is 8.43. The average molecular weight is 216 g/mol. The minimum absolute atomic E-state index is 0. The van der Waals surface area contributed by atoms with E-state index in [0.717, 1.165) is 0 Å². The molecule has 1 heterocycles. The van der Waals surface area contributed by atoms with E-state index < -0.39 is 5.97 Å². The van der Waals surface area contributed by atoms with E-state index in [1.807, 2.05) is 0 Å². The number of pyridine rings is 1. The SMILES string of the molecule is O=C(O)c1ncc(Cl)cc1Cl.[NaH]. The second kappa shape index (κ2) is 5.04. The predicted octanol–water partition coefficient (Wildman–Crippen LogP) is 1.44. The molecule has 1 aromatic heterocycles. The molecule has 0 spiro atoms. The standard InChI is InChI=1S/C6H3Cl2NO2.Na.H/c7-3-1-4(8)5(6(10)11)9-2-3;;/h1-2H,(H,10,11);;. The Morgan fingerprint density at radius 2 is 2.08 bits per heavy atom. The molecule has 1 aromatic rings. The third kappa shape index (κ3) is 2.92. The molecular formula is C6H4Cl2NNaO2. The van der Waals surface area contributed by atoms with Crippen LogP contribution in [0.3, 0.4) is 0 Å². The molecule has 0 radical (unpaired) electrons. The second-order valence-electron chi connectivity index (χ2n) is 1.79. The van der Waals surface area contributed by atoms with Crippen molar-refractivity contribution in [1.82, 2.24) is 4.98 Å². The van der Waals surface area contributed by atoms with Gasteiger partial charge < -0.3 is 5.11 Å². The van der Waals surface area contributed by atoms with Crippen molar-refractivity contribution in [3.8, 4) is 0 Å². The molecule has 60 valence electrons. The molecule has 0 amide bonds. The molecule has 0 saturated carbocycles. The van der Waals surface area contributed by atoms with Crippen molar-refractivity contribution in [1.29, 1.82) is 0 Å². The van der Waals surface area contributed by atoms with Gasteiger partial charge in [0.1, 0.15) is 0 Å². The molecule has 0 bridgehead atoms. The molecule has 1 N–H and O–H groups in total. The Morgan fingerprint density at radius 1 is 1.50 bits per heavy atom. The van der Waals surface area contributed by atoms with Gasteiger partial charge in [0, 0.05) is 6.20 Å². The van der Waals surface area contributed by atoms with E-state index in [0.29, 0.717) is 5.02 Å². The van der Waals surface area contributed by atoms with Gasteiger partial charge in [0.25, 0.3) is 0 Å². The van der Waals surface area contributed by atoms with E-state index in [4.69, 9.17) is 28.3 Å². The Morgan fingerprint density at radius 3 is 2.50 bits per heavy atom. The Labute approximate surface area is 101 Å². The number of nitrogens with zero attached hydrogens (tertiary/aromatic N) is 1. The van der Waals surface area contributed by atoms with Crippen LogP contribution in [0.25, 0.3) is 0 Å². The first-order valence-electron chi connectivity index (χ1n) is 2.65. The Balaban J connectivity index is 0.00000121. The van der Waals surface area contributed by atoms with Crippen LogP contribution in [0.4, 0.5) is 0 Å². The number of aromatic carboxylic acids is 1. The van der Waals surface area contributed by atoms with Crippen molar-refractivity contribution in [2.45, 2.75) is 0 Å². The summed E-state index contributed by atoms with van der Waals surface area (Å²) in [4.78, 5) is 13.9.